The molecular formula is C11H24N2O3. The predicted octanol–water partition coefficient (Wildman–Crippen LogP) is -0.160. The van der Waals surface area contributed by atoms with Gasteiger partial charge in [-0.3, -0.25) is 9.69 Å². The largest absolute Gasteiger partial charge is 0.462 e. The highest BCUT2D eigenvalue weighted by atomic mass is 16.5. The van der Waals surface area contributed by atoms with Crippen LogP contribution in [-0.4, -0.2) is 61.4 Å². The van der Waals surface area contributed by atoms with E-state index in [2.05, 4.69) is 15.0 Å². The number of nitrogens with zero attached hydrogens (tertiary/aromatic N) is 1. The van der Waals surface area contributed by atoms with Crippen LogP contribution < -0.4 is 5.32 Å². The normalized spacial score (nSPS) is 21.9. The predicted molar refractivity (Wildman–Crippen MR) is 63.3 cm³/mol. The zero-order valence-corrected chi connectivity index (χ0v) is 10.7. The smallest absolute Gasteiger partial charge is 0.293 e. The molecule has 0 aromatic carbocycles. The minimum Gasteiger partial charge on any atom is -0.462 e. The van der Waals surface area contributed by atoms with E-state index in [1.165, 1.54) is 0 Å². The number of carbonyl (C=O) groups excluding carboxylic acids is 1. The Hall–Kier alpha value is -0.650. The molecule has 1 atom stereocenters. The Balaban J connectivity index is 0.000000293. The summed E-state index contributed by atoms with van der Waals surface area (Å²) in [5.41, 5.74) is -0.318. The van der Waals surface area contributed by atoms with E-state index in [4.69, 9.17) is 5.11 Å². The average molecular weight is 232 g/mol. The fourth-order valence-electron chi connectivity index (χ4n) is 1.21. The number of piperazine rings is 1. The number of hydrogen-bond donors (Lipinski definition) is 2. The zero-order chi connectivity index (χ0) is 12.6. The second-order valence-electron chi connectivity index (χ2n) is 4.85. The van der Waals surface area contributed by atoms with Crippen molar-refractivity contribution >= 4 is 6.47 Å². The van der Waals surface area contributed by atoms with Crippen molar-refractivity contribution in [3.8, 4) is 0 Å². The summed E-state index contributed by atoms with van der Waals surface area (Å²) in [7, 11) is 2.04. The van der Waals surface area contributed by atoms with Crippen LogP contribution in [0.1, 0.15) is 20.8 Å². The van der Waals surface area contributed by atoms with Gasteiger partial charge in [0.25, 0.3) is 6.47 Å². The minimum atomic E-state index is -0.318. The van der Waals surface area contributed by atoms with Gasteiger partial charge < -0.3 is 15.2 Å². The van der Waals surface area contributed by atoms with Crippen molar-refractivity contribution in [2.75, 3.05) is 33.3 Å². The van der Waals surface area contributed by atoms with Crippen LogP contribution in [0.5, 0.6) is 0 Å². The van der Waals surface area contributed by atoms with E-state index < -0.39 is 0 Å². The number of aliphatic hydroxyl groups excluding tert-OH is 1. The van der Waals surface area contributed by atoms with Crippen LogP contribution in [0.2, 0.25) is 0 Å². The van der Waals surface area contributed by atoms with Crippen LogP contribution in [0.4, 0.5) is 0 Å². The highest BCUT2D eigenvalue weighted by Crippen LogP contribution is 2.02. The molecule has 0 aromatic rings. The monoisotopic (exact) mass is 232 g/mol. The lowest BCUT2D eigenvalue weighted by Gasteiger charge is -2.31. The topological polar surface area (TPSA) is 61.8 Å². The lowest BCUT2D eigenvalue weighted by Crippen LogP contribution is -2.50. The van der Waals surface area contributed by atoms with Gasteiger partial charge in [-0.25, -0.2) is 0 Å². The van der Waals surface area contributed by atoms with Gasteiger partial charge in [0, 0.05) is 25.7 Å². The number of likely N-dealkylation sites (N-methyl/N-ethyl adjacent to an activating group) is 1. The molecule has 0 saturated carbocycles. The Morgan fingerprint density at radius 3 is 2.44 bits per heavy atom. The number of rotatable bonds is 2. The molecule has 1 aliphatic heterocycles. The zero-order valence-electron chi connectivity index (χ0n) is 10.7. The fraction of sp³-hybridized carbons (Fsp3) is 0.909. The van der Waals surface area contributed by atoms with E-state index in [0.29, 0.717) is 12.5 Å². The Morgan fingerprint density at radius 1 is 1.56 bits per heavy atom. The van der Waals surface area contributed by atoms with Gasteiger partial charge in [0.15, 0.2) is 0 Å². The second kappa shape index (κ2) is 7.60. The summed E-state index contributed by atoms with van der Waals surface area (Å²) >= 11 is 0. The molecule has 0 aliphatic carbocycles. The van der Waals surface area contributed by atoms with Crippen molar-refractivity contribution in [2.24, 2.45) is 0 Å². The Morgan fingerprint density at radius 2 is 2.19 bits per heavy atom. The molecule has 1 fully saturated rings. The maximum atomic E-state index is 9.60. The van der Waals surface area contributed by atoms with Gasteiger partial charge in [-0.2, -0.15) is 0 Å². The first-order valence-corrected chi connectivity index (χ1v) is 5.54. The van der Waals surface area contributed by atoms with Crippen LogP contribution in [0, 0.1) is 0 Å². The van der Waals surface area contributed by atoms with Gasteiger partial charge >= 0.3 is 0 Å². The van der Waals surface area contributed by atoms with E-state index in [9.17, 15) is 4.79 Å². The maximum absolute atomic E-state index is 9.60. The molecule has 16 heavy (non-hydrogen) atoms. The summed E-state index contributed by atoms with van der Waals surface area (Å²) in [4.78, 5) is 11.8. The molecule has 96 valence electrons. The van der Waals surface area contributed by atoms with Crippen LogP contribution in [-0.2, 0) is 9.53 Å². The Labute approximate surface area is 97.8 Å². The van der Waals surface area contributed by atoms with Gasteiger partial charge in [0.1, 0.15) is 5.60 Å². The van der Waals surface area contributed by atoms with Crippen molar-refractivity contribution in [2.45, 2.75) is 32.4 Å². The van der Waals surface area contributed by atoms with Crippen molar-refractivity contribution in [3.05, 3.63) is 0 Å². The summed E-state index contributed by atoms with van der Waals surface area (Å²) in [6, 6.07) is 0.332. The standard InChI is InChI=1S/C6H14N2O.C5H10O2/c1-8-3-2-7-4-6(8)5-9;1-5(2,3)7-4-6/h6-7,9H,2-5H2,1H3;4H,1-3H3. The number of ether oxygens (including phenoxy) is 1. The molecular weight excluding hydrogens is 208 g/mol. The number of carbonyl (C=O) groups is 1. The third-order valence-electron chi connectivity index (χ3n) is 2.26. The number of nitrogens with one attached hydrogen (secondary N) is 1. The van der Waals surface area contributed by atoms with Crippen LogP contribution in [0.25, 0.3) is 0 Å². The summed E-state index contributed by atoms with van der Waals surface area (Å²) < 4.78 is 4.55. The van der Waals surface area contributed by atoms with Crippen molar-refractivity contribution in [1.29, 1.82) is 0 Å². The van der Waals surface area contributed by atoms with Crippen LogP contribution in [0.3, 0.4) is 0 Å². The molecule has 0 radical (unpaired) electrons. The molecule has 1 heterocycles. The maximum Gasteiger partial charge on any atom is 0.293 e. The molecule has 0 bridgehead atoms. The van der Waals surface area contributed by atoms with Gasteiger partial charge in [0.2, 0.25) is 0 Å². The molecule has 0 aromatic heterocycles. The van der Waals surface area contributed by atoms with Crippen molar-refractivity contribution in [1.82, 2.24) is 10.2 Å². The van der Waals surface area contributed by atoms with Gasteiger partial charge in [0.05, 0.1) is 6.61 Å². The second-order valence-corrected chi connectivity index (χ2v) is 4.85. The third kappa shape index (κ3) is 7.62. The first-order chi connectivity index (χ1) is 7.40. The third-order valence-corrected chi connectivity index (χ3v) is 2.26. The van der Waals surface area contributed by atoms with E-state index in [-0.39, 0.29) is 12.2 Å². The lowest BCUT2D eigenvalue weighted by molar-refractivity contribution is -0.138. The molecule has 1 saturated heterocycles. The highest BCUT2D eigenvalue weighted by Gasteiger charge is 2.16. The molecule has 0 amide bonds. The van der Waals surface area contributed by atoms with Crippen LogP contribution >= 0.6 is 0 Å². The number of hydrogen-bond acceptors (Lipinski definition) is 5. The van der Waals surface area contributed by atoms with E-state index in [0.717, 1.165) is 19.6 Å². The van der Waals surface area contributed by atoms with Gasteiger partial charge in [-0.05, 0) is 27.8 Å². The molecule has 5 nitrogen and oxygen atoms in total. The summed E-state index contributed by atoms with van der Waals surface area (Å²) in [5.74, 6) is 0. The number of aliphatic hydroxyl groups is 1. The van der Waals surface area contributed by atoms with E-state index >= 15 is 0 Å². The Bertz CT molecular complexity index is 192. The summed E-state index contributed by atoms with van der Waals surface area (Å²) in [6.45, 7) is 9.21. The minimum absolute atomic E-state index is 0.267. The van der Waals surface area contributed by atoms with Crippen LogP contribution in [0.15, 0.2) is 0 Å². The van der Waals surface area contributed by atoms with E-state index in [1.807, 2.05) is 27.8 Å². The lowest BCUT2D eigenvalue weighted by atomic mass is 10.2. The molecule has 0 spiro atoms. The average Bonchev–Trinajstić information content (AvgIpc) is 2.17. The molecule has 1 rings (SSSR count). The quantitative estimate of drug-likeness (QED) is 0.648. The summed E-state index contributed by atoms with van der Waals surface area (Å²) in [5, 5.41) is 12.0. The molecule has 1 aliphatic rings. The van der Waals surface area contributed by atoms with Gasteiger partial charge in [-0.15, -0.1) is 0 Å². The summed E-state index contributed by atoms with van der Waals surface area (Å²) in [6.07, 6.45) is 0. The first-order valence-electron chi connectivity index (χ1n) is 5.54. The molecule has 1 unspecified atom stereocenters. The fourth-order valence-corrected chi connectivity index (χ4v) is 1.21. The van der Waals surface area contributed by atoms with Crippen molar-refractivity contribution < 1.29 is 14.6 Å². The molecule has 2 N–H and O–H groups in total. The van der Waals surface area contributed by atoms with Crippen molar-refractivity contribution in [3.63, 3.8) is 0 Å². The first kappa shape index (κ1) is 15.3. The highest BCUT2D eigenvalue weighted by molar-refractivity contribution is 5.37. The van der Waals surface area contributed by atoms with E-state index in [1.54, 1.807) is 0 Å². The van der Waals surface area contributed by atoms with Gasteiger partial charge in [-0.1, -0.05) is 0 Å². The molecule has 5 heteroatoms. The Kier molecular flexibility index (Phi) is 7.29. The SMILES string of the molecule is CC(C)(C)OC=O.CN1CCNCC1CO.